The molecule has 2 aliphatic heterocycles. The predicted molar refractivity (Wildman–Crippen MR) is 175 cm³/mol. The molecule has 222 valence electrons. The van der Waals surface area contributed by atoms with Crippen molar-refractivity contribution in [2.75, 3.05) is 79.6 Å². The standard InChI is InChI=1S/C31H43N7O.C2H6/c1-23(2)35-11-15-37(16-12-35)27-19-28-30(33-34(5)26-9-7-6-8-10-26)25(22-39)21-32-31(28)29(20-27)38-17-13-36(14-18-38)24(3)4;1-2/h6-10,19-24H,11-18H2,1-5H3,(H,32,33);1-2H3. The van der Waals surface area contributed by atoms with E-state index < -0.39 is 0 Å². The summed E-state index contributed by atoms with van der Waals surface area (Å²) in [6.07, 6.45) is 2.62. The van der Waals surface area contributed by atoms with Crippen LogP contribution in [0.3, 0.4) is 0 Å². The molecule has 1 N–H and O–H groups in total. The Balaban J connectivity index is 0.00000189. The smallest absolute Gasteiger partial charge is 0.153 e. The van der Waals surface area contributed by atoms with Crippen LogP contribution in [0.2, 0.25) is 0 Å². The summed E-state index contributed by atoms with van der Waals surface area (Å²) in [7, 11) is 1.98. The highest BCUT2D eigenvalue weighted by Crippen LogP contribution is 2.37. The minimum absolute atomic E-state index is 0.546. The number of hydrogen-bond donors (Lipinski definition) is 1. The maximum absolute atomic E-state index is 12.2. The first kappa shape index (κ1) is 30.6. The Morgan fingerprint density at radius 2 is 1.39 bits per heavy atom. The van der Waals surface area contributed by atoms with Gasteiger partial charge in [-0.25, -0.2) is 0 Å². The fourth-order valence-electron chi connectivity index (χ4n) is 5.78. The van der Waals surface area contributed by atoms with E-state index in [1.165, 1.54) is 5.69 Å². The third kappa shape index (κ3) is 6.93. The number of rotatable bonds is 8. The number of piperazine rings is 2. The van der Waals surface area contributed by atoms with Crippen molar-refractivity contribution in [1.82, 2.24) is 14.8 Å². The maximum Gasteiger partial charge on any atom is 0.153 e. The number of carbonyl (C=O) groups excluding carboxylic acids is 1. The van der Waals surface area contributed by atoms with Crippen molar-refractivity contribution in [3.8, 4) is 0 Å². The quantitative estimate of drug-likeness (QED) is 0.283. The lowest BCUT2D eigenvalue weighted by Crippen LogP contribution is -2.49. The number of nitrogens with zero attached hydrogens (tertiary/aromatic N) is 6. The van der Waals surface area contributed by atoms with E-state index in [1.54, 1.807) is 6.20 Å². The van der Waals surface area contributed by atoms with Crippen LogP contribution in [-0.4, -0.2) is 92.6 Å². The van der Waals surface area contributed by atoms with Crippen LogP contribution in [0, 0.1) is 0 Å². The monoisotopic (exact) mass is 559 g/mol. The highest BCUT2D eigenvalue weighted by atomic mass is 16.1. The molecule has 0 atom stereocenters. The first-order valence-corrected chi connectivity index (χ1v) is 15.3. The molecule has 3 aromatic rings. The topological polar surface area (TPSA) is 58.2 Å². The third-order valence-electron chi connectivity index (χ3n) is 8.31. The Labute approximate surface area is 246 Å². The van der Waals surface area contributed by atoms with Crippen LogP contribution in [0.15, 0.2) is 48.7 Å². The van der Waals surface area contributed by atoms with Crippen LogP contribution < -0.4 is 20.2 Å². The number of para-hydroxylation sites is 1. The Hall–Kier alpha value is -3.36. The van der Waals surface area contributed by atoms with E-state index in [9.17, 15) is 4.79 Å². The van der Waals surface area contributed by atoms with E-state index in [0.29, 0.717) is 17.6 Å². The number of aromatic nitrogens is 1. The highest BCUT2D eigenvalue weighted by Gasteiger charge is 2.25. The largest absolute Gasteiger partial charge is 0.369 e. The first-order valence-electron chi connectivity index (χ1n) is 15.3. The number of carbonyl (C=O) groups is 1. The lowest BCUT2D eigenvalue weighted by molar-refractivity contribution is 0.112. The van der Waals surface area contributed by atoms with Gasteiger partial charge in [-0.1, -0.05) is 32.0 Å². The van der Waals surface area contributed by atoms with E-state index in [2.05, 4.69) is 77.0 Å². The van der Waals surface area contributed by atoms with E-state index >= 15 is 0 Å². The van der Waals surface area contributed by atoms with Crippen molar-refractivity contribution < 1.29 is 4.79 Å². The Kier molecular flexibility index (Phi) is 10.5. The van der Waals surface area contributed by atoms with E-state index in [0.717, 1.165) is 86.6 Å². The number of fused-ring (bicyclic) bond motifs is 1. The molecule has 2 fully saturated rings. The second kappa shape index (κ2) is 14.0. The second-order valence-corrected chi connectivity index (χ2v) is 11.3. The van der Waals surface area contributed by atoms with Gasteiger partial charge < -0.3 is 9.80 Å². The van der Waals surface area contributed by atoms with Crippen LogP contribution in [0.1, 0.15) is 51.9 Å². The number of benzene rings is 2. The molecule has 0 saturated carbocycles. The van der Waals surface area contributed by atoms with Gasteiger partial charge in [0.05, 0.1) is 28.1 Å². The number of anilines is 4. The normalized spacial score (nSPS) is 16.6. The summed E-state index contributed by atoms with van der Waals surface area (Å²) in [6, 6.07) is 15.8. The minimum Gasteiger partial charge on any atom is -0.369 e. The molecule has 0 amide bonds. The summed E-state index contributed by atoms with van der Waals surface area (Å²) in [5.41, 5.74) is 9.19. The Morgan fingerprint density at radius 3 is 1.93 bits per heavy atom. The first-order chi connectivity index (χ1) is 19.9. The Morgan fingerprint density at radius 1 is 0.829 bits per heavy atom. The average Bonchev–Trinajstić information content (AvgIpc) is 3.02. The number of pyridine rings is 1. The molecule has 5 rings (SSSR count). The van der Waals surface area contributed by atoms with Gasteiger partial charge in [0.1, 0.15) is 0 Å². The number of aldehydes is 1. The molecule has 2 saturated heterocycles. The van der Waals surface area contributed by atoms with Crippen molar-refractivity contribution in [3.05, 3.63) is 54.2 Å². The molecular weight excluding hydrogens is 510 g/mol. The number of nitrogens with one attached hydrogen (secondary N) is 1. The Bertz CT molecular complexity index is 1260. The fraction of sp³-hybridized carbons (Fsp3) is 0.515. The molecule has 2 aromatic carbocycles. The van der Waals surface area contributed by atoms with Gasteiger partial charge in [-0.15, -0.1) is 0 Å². The van der Waals surface area contributed by atoms with Crippen LogP contribution >= 0.6 is 0 Å². The zero-order valence-electron chi connectivity index (χ0n) is 26.1. The summed E-state index contributed by atoms with van der Waals surface area (Å²) in [5, 5.41) is 2.95. The van der Waals surface area contributed by atoms with Gasteiger partial charge in [0.15, 0.2) is 6.29 Å². The summed E-state index contributed by atoms with van der Waals surface area (Å²) in [6.45, 7) is 21.1. The molecule has 8 heteroatoms. The highest BCUT2D eigenvalue weighted by molar-refractivity contribution is 6.06. The van der Waals surface area contributed by atoms with E-state index in [4.69, 9.17) is 4.98 Å². The molecule has 8 nitrogen and oxygen atoms in total. The van der Waals surface area contributed by atoms with Crippen molar-refractivity contribution >= 4 is 39.9 Å². The van der Waals surface area contributed by atoms with Crippen molar-refractivity contribution in [2.24, 2.45) is 0 Å². The average molecular weight is 560 g/mol. The van der Waals surface area contributed by atoms with Gasteiger partial charge in [-0.05, 0) is 52.0 Å². The molecule has 3 heterocycles. The minimum atomic E-state index is 0.546. The maximum atomic E-state index is 12.2. The molecular formula is C33H49N7O. The van der Waals surface area contributed by atoms with Crippen molar-refractivity contribution in [3.63, 3.8) is 0 Å². The van der Waals surface area contributed by atoms with E-state index in [-0.39, 0.29) is 0 Å². The van der Waals surface area contributed by atoms with Crippen LogP contribution in [-0.2, 0) is 0 Å². The van der Waals surface area contributed by atoms with Gasteiger partial charge in [0.2, 0.25) is 0 Å². The molecule has 2 aliphatic rings. The molecule has 41 heavy (non-hydrogen) atoms. The summed E-state index contributed by atoms with van der Waals surface area (Å²) >= 11 is 0. The molecule has 0 unspecified atom stereocenters. The van der Waals surface area contributed by atoms with Crippen LogP contribution in [0.4, 0.5) is 22.7 Å². The van der Waals surface area contributed by atoms with Crippen LogP contribution in [0.5, 0.6) is 0 Å². The van der Waals surface area contributed by atoms with Crippen molar-refractivity contribution in [2.45, 2.75) is 53.6 Å². The number of hydrogen-bond acceptors (Lipinski definition) is 8. The zero-order valence-corrected chi connectivity index (χ0v) is 26.1. The van der Waals surface area contributed by atoms with Gasteiger partial charge in [-0.3, -0.25) is 30.0 Å². The molecule has 0 radical (unpaired) electrons. The van der Waals surface area contributed by atoms with Crippen molar-refractivity contribution in [1.29, 1.82) is 0 Å². The molecule has 0 bridgehead atoms. The molecule has 0 aliphatic carbocycles. The lowest BCUT2D eigenvalue weighted by atomic mass is 10.1. The van der Waals surface area contributed by atoms with Crippen LogP contribution in [0.25, 0.3) is 10.9 Å². The summed E-state index contributed by atoms with van der Waals surface area (Å²) in [5.74, 6) is 0. The third-order valence-corrected chi connectivity index (χ3v) is 8.31. The van der Waals surface area contributed by atoms with Gasteiger partial charge in [-0.2, -0.15) is 0 Å². The molecule has 1 aromatic heterocycles. The predicted octanol–water partition coefficient (Wildman–Crippen LogP) is 5.60. The summed E-state index contributed by atoms with van der Waals surface area (Å²) in [4.78, 5) is 27.1. The number of hydrazine groups is 1. The SMILES string of the molecule is CC.CC(C)N1CCN(c2cc(N3CCN(C(C)C)CC3)c3ncc(C=O)c(NN(C)c4ccccc4)c3c2)CC1. The zero-order chi connectivity index (χ0) is 29.5. The summed E-state index contributed by atoms with van der Waals surface area (Å²) < 4.78 is 0. The lowest BCUT2D eigenvalue weighted by Gasteiger charge is -2.40. The fourth-order valence-corrected chi connectivity index (χ4v) is 5.78. The van der Waals surface area contributed by atoms with Gasteiger partial charge in [0.25, 0.3) is 0 Å². The van der Waals surface area contributed by atoms with Gasteiger partial charge >= 0.3 is 0 Å². The van der Waals surface area contributed by atoms with E-state index in [1.807, 2.05) is 44.1 Å². The van der Waals surface area contributed by atoms with Gasteiger partial charge in [0, 0.05) is 88.8 Å². The molecule has 0 spiro atoms. The second-order valence-electron chi connectivity index (χ2n) is 11.3.